The molecule has 2 amide bonds. The summed E-state index contributed by atoms with van der Waals surface area (Å²) in [5.74, 6) is -1.70. The minimum Gasteiger partial charge on any atom is -0.454 e. The third-order valence-corrected chi connectivity index (χ3v) is 8.70. The summed E-state index contributed by atoms with van der Waals surface area (Å²) in [5.41, 5.74) is 1.89. The van der Waals surface area contributed by atoms with E-state index < -0.39 is 18.4 Å². The molecule has 0 aromatic heterocycles. The molecule has 1 aliphatic heterocycles. The largest absolute Gasteiger partial charge is 0.454 e. The minimum absolute atomic E-state index is 0.132. The fourth-order valence-corrected chi connectivity index (χ4v) is 7.09. The molecule has 1 saturated heterocycles. The number of anilines is 1. The monoisotopic (exact) mass is 547 g/mol. The van der Waals surface area contributed by atoms with Crippen LogP contribution in [0.3, 0.4) is 0 Å². The van der Waals surface area contributed by atoms with Gasteiger partial charge in [0.25, 0.3) is 0 Å². The standard InChI is InChI=1S/C30H23Cl2NO5/c31-19-9-10-21(24(32)14-19)25(34)15-38-30(37)17-7-4-8-20(11-17)33-28(35)26-18-12-22(16-5-2-1-3-6-16)23(13-18)27(26)29(33)36/h1-11,14,18,22-23,26-27H,12-13,15H2/t18-,22-,23+,26+,27-/m0/s1. The Labute approximate surface area is 229 Å². The number of esters is 1. The molecule has 2 bridgehead atoms. The number of benzene rings is 3. The number of halogens is 2. The maximum atomic E-state index is 13.6. The molecule has 0 N–H and O–H groups in total. The number of hydrogen-bond donors (Lipinski definition) is 0. The first-order valence-electron chi connectivity index (χ1n) is 12.5. The van der Waals surface area contributed by atoms with Gasteiger partial charge >= 0.3 is 5.97 Å². The highest BCUT2D eigenvalue weighted by Crippen LogP contribution is 2.61. The first kappa shape index (κ1) is 24.8. The molecule has 8 heteroatoms. The van der Waals surface area contributed by atoms with Gasteiger partial charge in [0.1, 0.15) is 0 Å². The van der Waals surface area contributed by atoms with Gasteiger partial charge in [-0.3, -0.25) is 19.3 Å². The number of hydrogen-bond acceptors (Lipinski definition) is 5. The van der Waals surface area contributed by atoms with Crippen LogP contribution >= 0.6 is 23.2 Å². The average Bonchev–Trinajstić information content (AvgIpc) is 3.59. The lowest BCUT2D eigenvalue weighted by Crippen LogP contribution is -2.33. The molecule has 6 rings (SSSR count). The van der Waals surface area contributed by atoms with Crippen LogP contribution in [0.4, 0.5) is 5.69 Å². The van der Waals surface area contributed by atoms with E-state index in [0.717, 1.165) is 12.8 Å². The van der Waals surface area contributed by atoms with Crippen molar-refractivity contribution in [2.24, 2.45) is 23.7 Å². The molecule has 38 heavy (non-hydrogen) atoms. The summed E-state index contributed by atoms with van der Waals surface area (Å²) in [6.45, 7) is -0.514. The Morgan fingerprint density at radius 1 is 0.868 bits per heavy atom. The maximum Gasteiger partial charge on any atom is 0.338 e. The van der Waals surface area contributed by atoms with E-state index in [2.05, 4.69) is 12.1 Å². The minimum atomic E-state index is -0.742. The normalized spacial score (nSPS) is 25.5. The molecular formula is C30H23Cl2NO5. The molecule has 3 fully saturated rings. The molecule has 3 aromatic carbocycles. The zero-order valence-corrected chi connectivity index (χ0v) is 21.7. The van der Waals surface area contributed by atoms with Gasteiger partial charge in [0.15, 0.2) is 6.61 Å². The van der Waals surface area contributed by atoms with Crippen LogP contribution in [0.2, 0.25) is 10.0 Å². The van der Waals surface area contributed by atoms with E-state index in [1.54, 1.807) is 12.1 Å². The Kier molecular flexibility index (Phi) is 6.33. The van der Waals surface area contributed by atoms with Crippen molar-refractivity contribution >= 4 is 52.5 Å². The van der Waals surface area contributed by atoms with Gasteiger partial charge in [-0.1, -0.05) is 59.6 Å². The van der Waals surface area contributed by atoms with Gasteiger partial charge in [-0.05, 0) is 72.6 Å². The molecule has 0 unspecified atom stereocenters. The van der Waals surface area contributed by atoms with Crippen LogP contribution < -0.4 is 4.90 Å². The summed E-state index contributed by atoms with van der Waals surface area (Å²) in [7, 11) is 0. The van der Waals surface area contributed by atoms with Gasteiger partial charge < -0.3 is 4.74 Å². The van der Waals surface area contributed by atoms with Crippen LogP contribution in [0.1, 0.15) is 45.0 Å². The van der Waals surface area contributed by atoms with E-state index >= 15 is 0 Å². The Hall–Kier alpha value is -3.48. The van der Waals surface area contributed by atoms with Crippen molar-refractivity contribution in [2.75, 3.05) is 11.5 Å². The zero-order chi connectivity index (χ0) is 26.6. The number of fused-ring (bicyclic) bond motifs is 5. The molecule has 2 saturated carbocycles. The quantitative estimate of drug-likeness (QED) is 0.216. The topological polar surface area (TPSA) is 80.8 Å². The van der Waals surface area contributed by atoms with Crippen molar-refractivity contribution in [1.29, 1.82) is 0 Å². The van der Waals surface area contributed by atoms with Crippen molar-refractivity contribution in [1.82, 2.24) is 0 Å². The number of nitrogens with zero attached hydrogens (tertiary/aromatic N) is 1. The highest BCUT2D eigenvalue weighted by atomic mass is 35.5. The molecule has 3 aliphatic rings. The molecular weight excluding hydrogens is 525 g/mol. The highest BCUT2D eigenvalue weighted by molar-refractivity contribution is 6.36. The lowest BCUT2D eigenvalue weighted by molar-refractivity contribution is -0.123. The molecule has 6 nitrogen and oxygen atoms in total. The van der Waals surface area contributed by atoms with Crippen molar-refractivity contribution in [2.45, 2.75) is 18.8 Å². The summed E-state index contributed by atoms with van der Waals surface area (Å²) in [6, 6.07) is 20.9. The second-order valence-corrected chi connectivity index (χ2v) is 11.0. The van der Waals surface area contributed by atoms with Crippen LogP contribution in [-0.2, 0) is 14.3 Å². The second-order valence-electron chi connectivity index (χ2n) is 10.1. The molecule has 5 atom stereocenters. The van der Waals surface area contributed by atoms with Crippen LogP contribution in [0.15, 0.2) is 72.8 Å². The SMILES string of the molecule is O=C(OCC(=O)c1ccc(Cl)cc1Cl)c1cccc(N2C(=O)[C@@H]3[C@@H]4C[C@@H]([C@@H]3C2=O)[C@H](c2ccccc2)C4)c1. The van der Waals surface area contributed by atoms with Gasteiger partial charge in [-0.15, -0.1) is 0 Å². The van der Waals surface area contributed by atoms with Gasteiger partial charge in [0, 0.05) is 10.6 Å². The molecule has 192 valence electrons. The summed E-state index contributed by atoms with van der Waals surface area (Å²) in [4.78, 5) is 53.5. The maximum absolute atomic E-state index is 13.6. The molecule has 2 aliphatic carbocycles. The Bertz CT molecular complexity index is 1470. The van der Waals surface area contributed by atoms with E-state index in [4.69, 9.17) is 27.9 Å². The van der Waals surface area contributed by atoms with Crippen LogP contribution in [0.25, 0.3) is 0 Å². The fraction of sp³-hybridized carbons (Fsp3) is 0.267. The summed E-state index contributed by atoms with van der Waals surface area (Å²) in [5, 5.41) is 0.555. The predicted octanol–water partition coefficient (Wildman–Crippen LogP) is 5.96. The van der Waals surface area contributed by atoms with E-state index in [1.807, 2.05) is 18.2 Å². The first-order valence-corrected chi connectivity index (χ1v) is 13.3. The molecule has 3 aromatic rings. The molecule has 0 spiro atoms. The first-order chi connectivity index (χ1) is 18.3. The van der Waals surface area contributed by atoms with E-state index in [0.29, 0.717) is 10.7 Å². The lowest BCUT2D eigenvalue weighted by atomic mass is 9.73. The van der Waals surface area contributed by atoms with E-state index in [9.17, 15) is 19.2 Å². The second kappa shape index (κ2) is 9.68. The van der Waals surface area contributed by atoms with Gasteiger partial charge in [0.2, 0.25) is 17.6 Å². The van der Waals surface area contributed by atoms with E-state index in [-0.39, 0.29) is 57.6 Å². The van der Waals surface area contributed by atoms with Gasteiger partial charge in [-0.25, -0.2) is 4.79 Å². The van der Waals surface area contributed by atoms with Crippen molar-refractivity contribution in [3.8, 4) is 0 Å². The fourth-order valence-electron chi connectivity index (χ4n) is 6.58. The number of carbonyl (C=O) groups is 4. The third kappa shape index (κ3) is 4.12. The van der Waals surface area contributed by atoms with Crippen LogP contribution in [0.5, 0.6) is 0 Å². The lowest BCUT2D eigenvalue weighted by Gasteiger charge is -2.28. The predicted molar refractivity (Wildman–Crippen MR) is 142 cm³/mol. The van der Waals surface area contributed by atoms with Crippen molar-refractivity contribution in [3.63, 3.8) is 0 Å². The molecule has 0 radical (unpaired) electrons. The zero-order valence-electron chi connectivity index (χ0n) is 20.2. The number of ketones is 1. The van der Waals surface area contributed by atoms with Gasteiger partial charge in [0.05, 0.1) is 28.1 Å². The number of rotatable bonds is 6. The number of Topliss-reactive ketones (excluding diaryl/α,β-unsaturated/α-hetero) is 1. The Morgan fingerprint density at radius 2 is 1.63 bits per heavy atom. The average molecular weight is 548 g/mol. The number of carbonyl (C=O) groups excluding carboxylic acids is 4. The Balaban J connectivity index is 1.18. The smallest absolute Gasteiger partial charge is 0.338 e. The number of ether oxygens (including phenoxy) is 1. The third-order valence-electron chi connectivity index (χ3n) is 8.15. The van der Waals surface area contributed by atoms with E-state index in [1.165, 1.54) is 40.8 Å². The summed E-state index contributed by atoms with van der Waals surface area (Å²) < 4.78 is 5.21. The van der Waals surface area contributed by atoms with Crippen molar-refractivity contribution in [3.05, 3.63) is 99.5 Å². The summed E-state index contributed by atoms with van der Waals surface area (Å²) >= 11 is 11.9. The molecule has 1 heterocycles. The van der Waals surface area contributed by atoms with Crippen LogP contribution in [-0.4, -0.2) is 30.2 Å². The number of imide groups is 1. The highest BCUT2D eigenvalue weighted by Gasteiger charge is 2.64. The number of amides is 2. The van der Waals surface area contributed by atoms with Crippen LogP contribution in [0, 0.1) is 23.7 Å². The summed E-state index contributed by atoms with van der Waals surface area (Å²) in [6.07, 6.45) is 1.79. The van der Waals surface area contributed by atoms with Gasteiger partial charge in [-0.2, -0.15) is 0 Å². The Morgan fingerprint density at radius 3 is 2.39 bits per heavy atom. The van der Waals surface area contributed by atoms with Crippen molar-refractivity contribution < 1.29 is 23.9 Å².